The van der Waals surface area contributed by atoms with E-state index in [2.05, 4.69) is 15.3 Å². The van der Waals surface area contributed by atoms with Crippen LogP contribution in [0.3, 0.4) is 0 Å². The zero-order chi connectivity index (χ0) is 12.8. The minimum absolute atomic E-state index is 0.138. The van der Waals surface area contributed by atoms with E-state index in [9.17, 15) is 13.2 Å². The third-order valence-corrected chi connectivity index (χ3v) is 4.71. The Bertz CT molecular complexity index is 721. The minimum Gasteiger partial charge on any atom is -0.244 e. The van der Waals surface area contributed by atoms with Crippen LogP contribution >= 0.6 is 0 Å². The van der Waals surface area contributed by atoms with Gasteiger partial charge in [-0.1, -0.05) is 0 Å². The van der Waals surface area contributed by atoms with Crippen LogP contribution in [0.4, 0.5) is 0 Å². The summed E-state index contributed by atoms with van der Waals surface area (Å²) in [5, 5.41) is 9.52. The Balaban J connectivity index is 2.73. The highest BCUT2D eigenvalue weighted by molar-refractivity contribution is 7.92. The van der Waals surface area contributed by atoms with Crippen LogP contribution in [-0.2, 0) is 9.84 Å². The molecule has 0 saturated heterocycles. The SMILES string of the molecule is CC(C)(C)S(=O)(=O)c1ccc2n[nH]c(=O)n2n1. The maximum atomic E-state index is 12.1. The molecule has 0 saturated carbocycles. The molecule has 2 aromatic heterocycles. The van der Waals surface area contributed by atoms with Crippen molar-refractivity contribution in [3.8, 4) is 0 Å². The van der Waals surface area contributed by atoms with Crippen LogP contribution < -0.4 is 5.69 Å². The van der Waals surface area contributed by atoms with Gasteiger partial charge >= 0.3 is 5.69 Å². The highest BCUT2D eigenvalue weighted by Crippen LogP contribution is 2.22. The first-order valence-electron chi connectivity index (χ1n) is 4.92. The molecule has 0 amide bonds. The molecule has 0 aliphatic rings. The Morgan fingerprint density at radius 1 is 1.29 bits per heavy atom. The summed E-state index contributed by atoms with van der Waals surface area (Å²) >= 11 is 0. The second-order valence-electron chi connectivity index (χ2n) is 4.59. The molecule has 0 atom stereocenters. The molecule has 2 heterocycles. The molecule has 2 rings (SSSR count). The summed E-state index contributed by atoms with van der Waals surface area (Å²) in [6.45, 7) is 4.73. The second kappa shape index (κ2) is 3.39. The molecule has 8 heteroatoms. The van der Waals surface area contributed by atoms with Crippen molar-refractivity contribution in [2.75, 3.05) is 0 Å². The fourth-order valence-corrected chi connectivity index (χ4v) is 2.31. The topological polar surface area (TPSA) is 97.2 Å². The normalized spacial score (nSPS) is 13.1. The predicted molar refractivity (Wildman–Crippen MR) is 60.5 cm³/mol. The highest BCUT2D eigenvalue weighted by Gasteiger charge is 2.32. The van der Waals surface area contributed by atoms with Gasteiger partial charge in [-0.2, -0.15) is 9.61 Å². The van der Waals surface area contributed by atoms with Gasteiger partial charge in [-0.15, -0.1) is 5.10 Å². The number of nitrogens with zero attached hydrogens (tertiary/aromatic N) is 3. The number of aromatic amines is 1. The van der Waals surface area contributed by atoms with E-state index in [-0.39, 0.29) is 10.7 Å². The lowest BCUT2D eigenvalue weighted by molar-refractivity contribution is 0.552. The van der Waals surface area contributed by atoms with Crippen molar-refractivity contribution in [3.63, 3.8) is 0 Å². The van der Waals surface area contributed by atoms with E-state index in [1.807, 2.05) is 0 Å². The lowest BCUT2D eigenvalue weighted by Crippen LogP contribution is -2.29. The molecule has 0 aromatic carbocycles. The van der Waals surface area contributed by atoms with Gasteiger partial charge in [0.05, 0.1) is 4.75 Å². The van der Waals surface area contributed by atoms with Gasteiger partial charge in [-0.25, -0.2) is 18.3 Å². The smallest absolute Gasteiger partial charge is 0.244 e. The number of sulfone groups is 1. The molecule has 0 aliphatic heterocycles. The summed E-state index contributed by atoms with van der Waals surface area (Å²) in [4.78, 5) is 11.3. The minimum atomic E-state index is -3.58. The zero-order valence-corrected chi connectivity index (χ0v) is 10.4. The largest absolute Gasteiger partial charge is 0.364 e. The van der Waals surface area contributed by atoms with E-state index in [4.69, 9.17) is 0 Å². The van der Waals surface area contributed by atoms with Crippen molar-refractivity contribution in [2.45, 2.75) is 30.5 Å². The van der Waals surface area contributed by atoms with Crippen molar-refractivity contribution >= 4 is 15.5 Å². The molecule has 17 heavy (non-hydrogen) atoms. The number of rotatable bonds is 1. The van der Waals surface area contributed by atoms with E-state index in [0.29, 0.717) is 0 Å². The van der Waals surface area contributed by atoms with Crippen molar-refractivity contribution in [3.05, 3.63) is 22.6 Å². The Morgan fingerprint density at radius 2 is 1.94 bits per heavy atom. The summed E-state index contributed by atoms with van der Waals surface area (Å²) in [6, 6.07) is 2.78. The van der Waals surface area contributed by atoms with Gasteiger partial charge in [-0.05, 0) is 32.9 Å². The number of hydrogen-bond acceptors (Lipinski definition) is 5. The van der Waals surface area contributed by atoms with Crippen molar-refractivity contribution in [1.29, 1.82) is 0 Å². The molecular weight excluding hydrogens is 244 g/mol. The van der Waals surface area contributed by atoms with E-state index in [1.165, 1.54) is 12.1 Å². The fourth-order valence-electron chi connectivity index (χ4n) is 1.24. The number of aromatic nitrogens is 4. The molecule has 0 unspecified atom stereocenters. The third kappa shape index (κ3) is 1.74. The van der Waals surface area contributed by atoms with Crippen LogP contribution in [-0.4, -0.2) is 33.0 Å². The summed E-state index contributed by atoms with van der Waals surface area (Å²) in [7, 11) is -3.58. The average molecular weight is 256 g/mol. The summed E-state index contributed by atoms with van der Waals surface area (Å²) in [5.74, 6) is 0. The van der Waals surface area contributed by atoms with Crippen LogP contribution in [0.25, 0.3) is 5.65 Å². The van der Waals surface area contributed by atoms with E-state index in [1.54, 1.807) is 20.8 Å². The van der Waals surface area contributed by atoms with Gasteiger partial charge in [0.15, 0.2) is 10.7 Å². The van der Waals surface area contributed by atoms with Crippen molar-refractivity contribution in [1.82, 2.24) is 19.8 Å². The average Bonchev–Trinajstić information content (AvgIpc) is 2.58. The van der Waals surface area contributed by atoms with Gasteiger partial charge in [0.2, 0.25) is 9.84 Å². The summed E-state index contributed by atoms with van der Waals surface area (Å²) in [5.41, 5.74) is -0.284. The van der Waals surface area contributed by atoms with Gasteiger partial charge in [0.1, 0.15) is 0 Å². The molecule has 0 bridgehead atoms. The molecule has 0 radical (unpaired) electrons. The molecule has 92 valence electrons. The van der Waals surface area contributed by atoms with Crippen LogP contribution in [0.15, 0.2) is 22.0 Å². The van der Waals surface area contributed by atoms with Crippen LogP contribution in [0.5, 0.6) is 0 Å². The molecule has 0 spiro atoms. The number of hydrogen-bond donors (Lipinski definition) is 1. The number of nitrogens with one attached hydrogen (secondary N) is 1. The molecule has 0 aliphatic carbocycles. The first-order valence-corrected chi connectivity index (χ1v) is 6.41. The molecule has 1 N–H and O–H groups in total. The van der Waals surface area contributed by atoms with E-state index < -0.39 is 20.3 Å². The quantitative estimate of drug-likeness (QED) is 0.774. The van der Waals surface area contributed by atoms with Gasteiger partial charge in [-0.3, -0.25) is 0 Å². The Morgan fingerprint density at radius 3 is 2.53 bits per heavy atom. The lowest BCUT2D eigenvalue weighted by atomic mass is 10.3. The maximum absolute atomic E-state index is 12.1. The first kappa shape index (κ1) is 11.8. The van der Waals surface area contributed by atoms with E-state index >= 15 is 0 Å². The van der Waals surface area contributed by atoms with Crippen LogP contribution in [0, 0.1) is 0 Å². The van der Waals surface area contributed by atoms with Crippen LogP contribution in [0.2, 0.25) is 0 Å². The summed E-state index contributed by atoms with van der Waals surface area (Å²) < 4.78 is 24.2. The standard InChI is InChI=1S/C9H12N4O3S/c1-9(2,3)17(15,16)7-5-4-6-10-11-8(14)13(6)12-7/h4-5H,1-3H3,(H,11,14). The molecular formula is C9H12N4O3S. The van der Waals surface area contributed by atoms with Crippen LogP contribution in [0.1, 0.15) is 20.8 Å². The predicted octanol–water partition coefficient (Wildman–Crippen LogP) is -0.0102. The Hall–Kier alpha value is -1.70. The first-order chi connectivity index (χ1) is 7.73. The van der Waals surface area contributed by atoms with Gasteiger partial charge in [0, 0.05) is 0 Å². The second-order valence-corrected chi connectivity index (χ2v) is 7.24. The highest BCUT2D eigenvalue weighted by atomic mass is 32.2. The molecule has 2 aromatic rings. The van der Waals surface area contributed by atoms with Crippen molar-refractivity contribution < 1.29 is 8.42 Å². The number of fused-ring (bicyclic) bond motifs is 1. The molecule has 7 nitrogen and oxygen atoms in total. The maximum Gasteiger partial charge on any atom is 0.364 e. The monoisotopic (exact) mass is 256 g/mol. The Labute approximate surface area is 97.4 Å². The Kier molecular flexibility index (Phi) is 2.35. The van der Waals surface area contributed by atoms with Crippen molar-refractivity contribution in [2.24, 2.45) is 0 Å². The van der Waals surface area contributed by atoms with Gasteiger partial charge in [0.25, 0.3) is 0 Å². The number of H-pyrrole nitrogens is 1. The molecule has 0 fully saturated rings. The van der Waals surface area contributed by atoms with E-state index in [0.717, 1.165) is 4.52 Å². The summed E-state index contributed by atoms with van der Waals surface area (Å²) in [6.07, 6.45) is 0. The third-order valence-electron chi connectivity index (χ3n) is 2.33. The van der Waals surface area contributed by atoms with Gasteiger partial charge < -0.3 is 0 Å². The fraction of sp³-hybridized carbons (Fsp3) is 0.444. The lowest BCUT2D eigenvalue weighted by Gasteiger charge is -2.17. The zero-order valence-electron chi connectivity index (χ0n) is 9.63.